The van der Waals surface area contributed by atoms with Gasteiger partial charge in [-0.3, -0.25) is 14.4 Å². The molecule has 0 aromatic heterocycles. The van der Waals surface area contributed by atoms with Crippen LogP contribution in [0.1, 0.15) is 30.5 Å². The standard InChI is InChI=1S/C27H28FN5O5/c1-3-13-30-17-24(34)32-22(14-25(35)36)26(37)31(18(2)20-9-11-21(28)12-10-20)16-23(32)33(30)27(38)29-15-19-7-5-4-6-8-19/h1,4-12,18,22-23H,13-17H2,2H3,(H,29,38)(H,35,36). The van der Waals surface area contributed by atoms with Crippen molar-refractivity contribution >= 4 is 23.8 Å². The van der Waals surface area contributed by atoms with Gasteiger partial charge in [0.15, 0.2) is 0 Å². The summed E-state index contributed by atoms with van der Waals surface area (Å²) in [6.07, 6.45) is 3.89. The molecule has 4 amide bonds. The van der Waals surface area contributed by atoms with E-state index in [1.54, 1.807) is 6.92 Å². The first-order chi connectivity index (χ1) is 18.2. The number of carbonyl (C=O) groups is 4. The monoisotopic (exact) mass is 521 g/mol. The van der Waals surface area contributed by atoms with Gasteiger partial charge in [-0.15, -0.1) is 6.42 Å². The first kappa shape index (κ1) is 26.6. The average Bonchev–Trinajstić information content (AvgIpc) is 2.89. The fourth-order valence-electron chi connectivity index (χ4n) is 4.89. The lowest BCUT2D eigenvalue weighted by Crippen LogP contribution is -2.76. The number of terminal acetylenes is 1. The van der Waals surface area contributed by atoms with E-state index in [-0.39, 0.29) is 26.2 Å². The van der Waals surface area contributed by atoms with E-state index in [2.05, 4.69) is 11.2 Å². The molecule has 0 spiro atoms. The third-order valence-electron chi connectivity index (χ3n) is 6.73. The van der Waals surface area contributed by atoms with E-state index in [1.165, 1.54) is 44.1 Å². The molecule has 3 unspecified atom stereocenters. The van der Waals surface area contributed by atoms with Crippen molar-refractivity contribution < 1.29 is 28.7 Å². The summed E-state index contributed by atoms with van der Waals surface area (Å²) in [6.45, 7) is 1.48. The number of piperazine rings is 1. The number of hydrogen-bond acceptors (Lipinski definition) is 5. The summed E-state index contributed by atoms with van der Waals surface area (Å²) in [5.41, 5.74) is 1.47. The minimum atomic E-state index is -1.33. The number of carboxylic acids is 1. The van der Waals surface area contributed by atoms with E-state index in [9.17, 15) is 28.7 Å². The lowest BCUT2D eigenvalue weighted by molar-refractivity contribution is -0.192. The Labute approximate surface area is 219 Å². The number of halogens is 1. The van der Waals surface area contributed by atoms with Gasteiger partial charge >= 0.3 is 12.0 Å². The van der Waals surface area contributed by atoms with Gasteiger partial charge in [-0.05, 0) is 30.2 Å². The Kier molecular flexibility index (Phi) is 7.93. The lowest BCUT2D eigenvalue weighted by atomic mass is 9.99. The summed E-state index contributed by atoms with van der Waals surface area (Å²) in [5.74, 6) is -0.328. The third-order valence-corrected chi connectivity index (χ3v) is 6.73. The molecule has 2 aromatic carbocycles. The number of hydrogen-bond donors (Lipinski definition) is 2. The summed E-state index contributed by atoms with van der Waals surface area (Å²) in [7, 11) is 0. The van der Waals surface area contributed by atoms with Gasteiger partial charge in [0, 0.05) is 6.54 Å². The molecule has 198 valence electrons. The van der Waals surface area contributed by atoms with Crippen molar-refractivity contribution in [2.45, 2.75) is 38.1 Å². The zero-order valence-corrected chi connectivity index (χ0v) is 20.8. The maximum absolute atomic E-state index is 13.6. The highest BCUT2D eigenvalue weighted by Gasteiger charge is 2.52. The zero-order chi connectivity index (χ0) is 27.4. The van der Waals surface area contributed by atoms with E-state index < -0.39 is 54.3 Å². The Balaban J connectivity index is 1.70. The minimum Gasteiger partial charge on any atom is -0.481 e. The van der Waals surface area contributed by atoms with Crippen LogP contribution in [0.15, 0.2) is 54.6 Å². The number of urea groups is 1. The van der Waals surface area contributed by atoms with Crippen LogP contribution >= 0.6 is 0 Å². The quantitative estimate of drug-likeness (QED) is 0.538. The van der Waals surface area contributed by atoms with E-state index >= 15 is 0 Å². The topological polar surface area (TPSA) is 114 Å². The Morgan fingerprint density at radius 1 is 1.16 bits per heavy atom. The number of carboxylic acid groups (broad SMARTS) is 1. The van der Waals surface area contributed by atoms with Crippen LogP contribution < -0.4 is 5.32 Å². The average molecular weight is 522 g/mol. The van der Waals surface area contributed by atoms with Crippen LogP contribution in [0.2, 0.25) is 0 Å². The second kappa shape index (κ2) is 11.3. The van der Waals surface area contributed by atoms with Crippen molar-refractivity contribution in [3.05, 3.63) is 71.5 Å². The van der Waals surface area contributed by atoms with Crippen molar-refractivity contribution in [2.24, 2.45) is 0 Å². The van der Waals surface area contributed by atoms with Gasteiger partial charge in [-0.25, -0.2) is 14.2 Å². The van der Waals surface area contributed by atoms with E-state index in [1.807, 2.05) is 30.3 Å². The number of benzene rings is 2. The molecule has 0 saturated carbocycles. The molecule has 3 atom stereocenters. The summed E-state index contributed by atoms with van der Waals surface area (Å²) in [6, 6.07) is 12.4. The van der Waals surface area contributed by atoms with E-state index in [0.29, 0.717) is 5.56 Å². The maximum Gasteiger partial charge on any atom is 0.334 e. The smallest absolute Gasteiger partial charge is 0.334 e. The minimum absolute atomic E-state index is 0.0557. The predicted octanol–water partition coefficient (Wildman–Crippen LogP) is 1.80. The highest BCUT2D eigenvalue weighted by molar-refractivity contribution is 5.94. The SMILES string of the molecule is C#CCN1CC(=O)N2C(CC(=O)O)C(=O)N(C(C)c3ccc(F)cc3)CC2N1C(=O)NCc1ccccc1. The number of hydrazine groups is 1. The Hall–Kier alpha value is -4.43. The van der Waals surface area contributed by atoms with Crippen LogP contribution in [0.5, 0.6) is 0 Å². The van der Waals surface area contributed by atoms with Gasteiger partial charge in [0.2, 0.25) is 11.8 Å². The fraction of sp³-hybridized carbons (Fsp3) is 0.333. The first-order valence-corrected chi connectivity index (χ1v) is 12.1. The van der Waals surface area contributed by atoms with Gasteiger partial charge in [0.05, 0.1) is 32.1 Å². The molecule has 2 heterocycles. The predicted molar refractivity (Wildman–Crippen MR) is 134 cm³/mol. The van der Waals surface area contributed by atoms with Crippen LogP contribution in [0.4, 0.5) is 9.18 Å². The molecule has 2 aliphatic heterocycles. The molecule has 10 nitrogen and oxygen atoms in total. The summed E-state index contributed by atoms with van der Waals surface area (Å²) in [5, 5.41) is 15.1. The fourth-order valence-corrected chi connectivity index (χ4v) is 4.89. The number of rotatable bonds is 7. The molecule has 0 radical (unpaired) electrons. The van der Waals surface area contributed by atoms with Gasteiger partial charge in [-0.2, -0.15) is 5.01 Å². The van der Waals surface area contributed by atoms with Gasteiger partial charge in [-0.1, -0.05) is 48.4 Å². The molecular weight excluding hydrogens is 493 g/mol. The molecule has 2 saturated heterocycles. The molecule has 0 bridgehead atoms. The molecule has 2 aliphatic rings. The van der Waals surface area contributed by atoms with Crippen LogP contribution in [0.3, 0.4) is 0 Å². The number of nitrogens with zero attached hydrogens (tertiary/aromatic N) is 4. The number of carbonyl (C=O) groups excluding carboxylic acids is 3. The second-order valence-corrected chi connectivity index (χ2v) is 9.13. The van der Waals surface area contributed by atoms with Crippen molar-refractivity contribution in [3.63, 3.8) is 0 Å². The molecule has 11 heteroatoms. The van der Waals surface area contributed by atoms with Crippen LogP contribution in [0, 0.1) is 18.2 Å². The van der Waals surface area contributed by atoms with E-state index in [0.717, 1.165) is 5.56 Å². The van der Waals surface area contributed by atoms with Crippen molar-refractivity contribution in [1.82, 2.24) is 25.1 Å². The number of amides is 4. The largest absolute Gasteiger partial charge is 0.481 e. The van der Waals surface area contributed by atoms with E-state index in [4.69, 9.17) is 6.42 Å². The molecule has 38 heavy (non-hydrogen) atoms. The summed E-state index contributed by atoms with van der Waals surface area (Å²) < 4.78 is 13.5. The highest BCUT2D eigenvalue weighted by Crippen LogP contribution is 2.32. The van der Waals surface area contributed by atoms with Crippen molar-refractivity contribution in [2.75, 3.05) is 19.6 Å². The van der Waals surface area contributed by atoms with Gasteiger partial charge < -0.3 is 20.2 Å². The van der Waals surface area contributed by atoms with Crippen molar-refractivity contribution in [3.8, 4) is 12.3 Å². The first-order valence-electron chi connectivity index (χ1n) is 12.1. The second-order valence-electron chi connectivity index (χ2n) is 9.13. The summed E-state index contributed by atoms with van der Waals surface area (Å²) in [4.78, 5) is 54.7. The van der Waals surface area contributed by atoms with Crippen molar-refractivity contribution in [1.29, 1.82) is 0 Å². The molecule has 2 fully saturated rings. The third kappa shape index (κ3) is 5.45. The maximum atomic E-state index is 13.6. The zero-order valence-electron chi connectivity index (χ0n) is 20.8. The highest BCUT2D eigenvalue weighted by atomic mass is 19.1. The normalized spacial score (nSPS) is 20.5. The Morgan fingerprint density at radius 3 is 2.47 bits per heavy atom. The number of fused-ring (bicyclic) bond motifs is 1. The molecule has 0 aliphatic carbocycles. The van der Waals surface area contributed by atoms with Crippen LogP contribution in [0.25, 0.3) is 0 Å². The van der Waals surface area contributed by atoms with Gasteiger partial charge in [0.25, 0.3) is 0 Å². The van der Waals surface area contributed by atoms with Crippen LogP contribution in [-0.2, 0) is 20.9 Å². The number of nitrogens with one attached hydrogen (secondary N) is 1. The molecule has 2 N–H and O–H groups in total. The molecular formula is C27H28FN5O5. The Morgan fingerprint density at radius 2 is 1.84 bits per heavy atom. The van der Waals surface area contributed by atoms with Crippen LogP contribution in [-0.4, -0.2) is 80.6 Å². The molecule has 2 aromatic rings. The van der Waals surface area contributed by atoms with Gasteiger partial charge in [0.1, 0.15) is 18.0 Å². The summed E-state index contributed by atoms with van der Waals surface area (Å²) >= 11 is 0. The number of aliphatic carboxylic acids is 1. The Bertz CT molecular complexity index is 1250. The molecule has 4 rings (SSSR count). The lowest BCUT2D eigenvalue weighted by Gasteiger charge is -2.55.